The van der Waals surface area contributed by atoms with E-state index >= 15 is 0 Å². The van der Waals surface area contributed by atoms with E-state index in [0.29, 0.717) is 43.8 Å². The lowest BCUT2D eigenvalue weighted by Gasteiger charge is -2.09. The van der Waals surface area contributed by atoms with Gasteiger partial charge in [0.2, 0.25) is 11.4 Å². The van der Waals surface area contributed by atoms with E-state index < -0.39 is 22.9 Å². The SMILES string of the molecule is Cc1cc2c(cc1F)[nH]c1c(=O)oc3ncccc3c12.Cc1cc2c3c4cccnc4oc(=O)c3n(Cc3cc(C#N)ccc3F)c2cc1F. The van der Waals surface area contributed by atoms with Crippen molar-refractivity contribution in [1.29, 1.82) is 5.26 Å². The first-order chi connectivity index (χ1) is 24.1. The number of nitriles is 1. The van der Waals surface area contributed by atoms with Crippen LogP contribution in [0.4, 0.5) is 13.2 Å². The third kappa shape index (κ3) is 4.78. The fourth-order valence-electron chi connectivity index (χ4n) is 6.42. The highest BCUT2D eigenvalue weighted by atomic mass is 19.1. The molecule has 0 atom stereocenters. The highest BCUT2D eigenvalue weighted by Gasteiger charge is 2.21. The molecule has 50 heavy (non-hydrogen) atoms. The van der Waals surface area contributed by atoms with Gasteiger partial charge in [-0.1, -0.05) is 0 Å². The van der Waals surface area contributed by atoms with Gasteiger partial charge in [0.15, 0.2) is 0 Å². The number of aromatic amines is 1. The molecule has 6 aromatic heterocycles. The number of fused-ring (bicyclic) bond motifs is 10. The molecule has 244 valence electrons. The Kier molecular flexibility index (Phi) is 7.01. The predicted molar refractivity (Wildman–Crippen MR) is 183 cm³/mol. The van der Waals surface area contributed by atoms with Crippen molar-refractivity contribution in [3.8, 4) is 6.07 Å². The highest BCUT2D eigenvalue weighted by molar-refractivity contribution is 6.19. The van der Waals surface area contributed by atoms with E-state index in [0.717, 1.165) is 16.2 Å². The van der Waals surface area contributed by atoms with Crippen LogP contribution < -0.4 is 11.3 Å². The molecule has 0 radical (unpaired) electrons. The highest BCUT2D eigenvalue weighted by Crippen LogP contribution is 2.35. The average molecular weight is 670 g/mol. The van der Waals surface area contributed by atoms with Crippen molar-refractivity contribution < 1.29 is 22.0 Å². The molecule has 6 heterocycles. The summed E-state index contributed by atoms with van der Waals surface area (Å²) in [6.45, 7) is 3.26. The first-order valence-electron chi connectivity index (χ1n) is 15.3. The molecule has 0 aliphatic carbocycles. The van der Waals surface area contributed by atoms with Crippen LogP contribution in [0, 0.1) is 42.6 Å². The summed E-state index contributed by atoms with van der Waals surface area (Å²) in [5.41, 5.74) is 2.29. The number of hydrogen-bond donors (Lipinski definition) is 1. The van der Waals surface area contributed by atoms with E-state index in [4.69, 9.17) is 14.1 Å². The zero-order valence-electron chi connectivity index (χ0n) is 26.3. The molecule has 0 saturated heterocycles. The van der Waals surface area contributed by atoms with E-state index in [1.54, 1.807) is 50.4 Å². The van der Waals surface area contributed by atoms with Gasteiger partial charge in [0.05, 0.1) is 23.7 Å². The van der Waals surface area contributed by atoms with Gasteiger partial charge in [-0.2, -0.15) is 5.26 Å². The Morgan fingerprint density at radius 2 is 1.40 bits per heavy atom. The van der Waals surface area contributed by atoms with Crippen LogP contribution in [0.2, 0.25) is 0 Å². The van der Waals surface area contributed by atoms with Crippen molar-refractivity contribution >= 4 is 65.8 Å². The van der Waals surface area contributed by atoms with Crippen LogP contribution in [0.15, 0.2) is 97.5 Å². The predicted octanol–water partition coefficient (Wildman–Crippen LogP) is 8.07. The molecule has 0 amide bonds. The van der Waals surface area contributed by atoms with Crippen molar-refractivity contribution in [1.82, 2.24) is 19.5 Å². The Morgan fingerprint density at radius 1 is 0.760 bits per heavy atom. The van der Waals surface area contributed by atoms with Crippen molar-refractivity contribution in [3.63, 3.8) is 0 Å². The van der Waals surface area contributed by atoms with Crippen LogP contribution in [-0.4, -0.2) is 19.5 Å². The molecular weight excluding hydrogens is 647 g/mol. The van der Waals surface area contributed by atoms with E-state index in [1.165, 1.54) is 41.1 Å². The summed E-state index contributed by atoms with van der Waals surface area (Å²) in [6, 6.07) is 19.2. The standard InChI is InChI=1S/C23H13F2N3O2.C15H9FN2O2/c1-12-7-16-19(9-18(12)25)28(11-14-8-13(10-26)4-5-17(14)24)21-20(16)15-3-2-6-27-22(15)30-23(21)29;1-7-5-9-11(6-10(7)16)18-13-12(9)8-3-2-4-17-14(8)20-15(13)19/h2-9H,11H2,1H3;2-6,18H,1H3. The number of aryl methyl sites for hydroxylation is 2. The lowest BCUT2D eigenvalue weighted by molar-refractivity contribution is 0.552. The summed E-state index contributed by atoms with van der Waals surface area (Å²) in [6.07, 6.45) is 3.08. The maximum Gasteiger partial charge on any atom is 0.362 e. The van der Waals surface area contributed by atoms with E-state index in [-0.39, 0.29) is 40.4 Å². The molecule has 0 fully saturated rings. The van der Waals surface area contributed by atoms with Gasteiger partial charge in [0.25, 0.3) is 0 Å². The second-order valence-corrected chi connectivity index (χ2v) is 11.9. The molecule has 9 nitrogen and oxygen atoms in total. The molecule has 9 aromatic rings. The molecule has 0 spiro atoms. The fourth-order valence-corrected chi connectivity index (χ4v) is 6.42. The fraction of sp³-hybridized carbons (Fsp3) is 0.0789. The lowest BCUT2D eigenvalue weighted by atomic mass is 10.1. The molecule has 0 unspecified atom stereocenters. The number of rotatable bonds is 2. The van der Waals surface area contributed by atoms with Gasteiger partial charge in [0.1, 0.15) is 28.5 Å². The van der Waals surface area contributed by atoms with Gasteiger partial charge in [-0.05, 0) is 91.7 Å². The molecule has 3 aromatic carbocycles. The molecule has 12 heteroatoms. The maximum atomic E-state index is 14.5. The van der Waals surface area contributed by atoms with Crippen LogP contribution in [0.3, 0.4) is 0 Å². The second kappa shape index (κ2) is 11.5. The summed E-state index contributed by atoms with van der Waals surface area (Å²) in [5, 5.41) is 13.2. The Balaban J connectivity index is 0.000000156. The van der Waals surface area contributed by atoms with Crippen molar-refractivity contribution in [2.75, 3.05) is 0 Å². The van der Waals surface area contributed by atoms with Crippen LogP contribution in [0.5, 0.6) is 0 Å². The third-order valence-electron chi connectivity index (χ3n) is 8.78. The largest absolute Gasteiger partial charge is 0.402 e. The summed E-state index contributed by atoms with van der Waals surface area (Å²) in [7, 11) is 0. The van der Waals surface area contributed by atoms with Gasteiger partial charge in [-0.15, -0.1) is 0 Å². The van der Waals surface area contributed by atoms with Gasteiger partial charge in [-0.25, -0.2) is 32.7 Å². The number of aromatic nitrogens is 4. The van der Waals surface area contributed by atoms with Gasteiger partial charge < -0.3 is 18.4 Å². The zero-order chi connectivity index (χ0) is 34.8. The van der Waals surface area contributed by atoms with E-state index in [2.05, 4.69) is 15.0 Å². The maximum absolute atomic E-state index is 14.5. The summed E-state index contributed by atoms with van der Waals surface area (Å²) < 4.78 is 54.7. The van der Waals surface area contributed by atoms with E-state index in [9.17, 15) is 22.8 Å². The normalized spacial score (nSPS) is 11.5. The molecular formula is C38H22F3N5O4. The minimum Gasteiger partial charge on any atom is -0.402 e. The first kappa shape index (κ1) is 30.6. The smallest absolute Gasteiger partial charge is 0.362 e. The summed E-state index contributed by atoms with van der Waals surface area (Å²) in [4.78, 5) is 36.0. The molecule has 9 rings (SSSR count). The average Bonchev–Trinajstić information content (AvgIpc) is 3.63. The number of H-pyrrole nitrogens is 1. The van der Waals surface area contributed by atoms with E-state index in [1.807, 2.05) is 12.1 Å². The van der Waals surface area contributed by atoms with Crippen molar-refractivity contribution in [2.45, 2.75) is 20.4 Å². The van der Waals surface area contributed by atoms with Gasteiger partial charge in [0, 0.05) is 55.8 Å². The summed E-state index contributed by atoms with van der Waals surface area (Å²) >= 11 is 0. The number of nitrogens with zero attached hydrogens (tertiary/aromatic N) is 4. The third-order valence-corrected chi connectivity index (χ3v) is 8.78. The number of hydrogen-bond acceptors (Lipinski definition) is 7. The topological polar surface area (TPSA) is 131 Å². The Bertz CT molecular complexity index is 3040. The summed E-state index contributed by atoms with van der Waals surface area (Å²) in [5.74, 6) is -1.27. The Hall–Kier alpha value is -6.74. The van der Waals surface area contributed by atoms with Crippen LogP contribution in [0.25, 0.3) is 65.8 Å². The van der Waals surface area contributed by atoms with Crippen LogP contribution in [-0.2, 0) is 6.54 Å². The lowest BCUT2D eigenvalue weighted by Crippen LogP contribution is -2.10. The van der Waals surface area contributed by atoms with Crippen LogP contribution >= 0.6 is 0 Å². The first-order valence-corrected chi connectivity index (χ1v) is 15.3. The second-order valence-electron chi connectivity index (χ2n) is 11.9. The zero-order valence-corrected chi connectivity index (χ0v) is 26.3. The minimum absolute atomic E-state index is 0.0691. The Morgan fingerprint density at radius 3 is 2.10 bits per heavy atom. The molecule has 0 aliphatic heterocycles. The number of pyridine rings is 2. The molecule has 0 aliphatic rings. The van der Waals surface area contributed by atoms with Crippen LogP contribution in [0.1, 0.15) is 22.3 Å². The monoisotopic (exact) mass is 669 g/mol. The number of benzene rings is 3. The Labute approximate surface area is 278 Å². The number of nitrogens with one attached hydrogen (secondary N) is 1. The molecule has 1 N–H and O–H groups in total. The quantitative estimate of drug-likeness (QED) is 0.197. The minimum atomic E-state index is -0.651. The van der Waals surface area contributed by atoms with Gasteiger partial charge >= 0.3 is 11.3 Å². The van der Waals surface area contributed by atoms with Crippen molar-refractivity contribution in [2.24, 2.45) is 0 Å². The number of halogens is 3. The molecule has 0 bridgehead atoms. The molecule has 0 saturated carbocycles. The van der Waals surface area contributed by atoms with Crippen molar-refractivity contribution in [3.05, 3.63) is 140 Å². The van der Waals surface area contributed by atoms with Gasteiger partial charge in [-0.3, -0.25) is 0 Å².